The van der Waals surface area contributed by atoms with Gasteiger partial charge in [-0.3, -0.25) is 0 Å². The Kier molecular flexibility index (Phi) is 3.12. The maximum absolute atomic E-state index is 13.5. The molecule has 4 heteroatoms. The van der Waals surface area contributed by atoms with Crippen LogP contribution in [0.25, 0.3) is 0 Å². The molecule has 1 aliphatic rings. The van der Waals surface area contributed by atoms with E-state index in [-0.39, 0.29) is 17.0 Å². The number of hydrogen-bond acceptors (Lipinski definition) is 3. The number of rotatable bonds is 4. The van der Waals surface area contributed by atoms with Crippen LogP contribution in [0.1, 0.15) is 5.56 Å². The minimum Gasteiger partial charge on any atom is -0.494 e. The van der Waals surface area contributed by atoms with Crippen molar-refractivity contribution in [1.82, 2.24) is 0 Å². The number of ether oxygens (including phenoxy) is 2. The van der Waals surface area contributed by atoms with Gasteiger partial charge in [-0.25, -0.2) is 4.39 Å². The standard InChI is InChI=1S/C12H16FNO2/c1-15-11-3-2-9(4-10(11)13)5-12(6-14)7-16-8-12/h2-4H,5-8,14H2,1H3. The molecule has 1 saturated heterocycles. The van der Waals surface area contributed by atoms with Gasteiger partial charge < -0.3 is 15.2 Å². The number of halogens is 1. The molecule has 1 aliphatic heterocycles. The molecule has 1 fully saturated rings. The summed E-state index contributed by atoms with van der Waals surface area (Å²) in [4.78, 5) is 0. The molecule has 0 saturated carbocycles. The first-order valence-electron chi connectivity index (χ1n) is 5.29. The molecule has 2 N–H and O–H groups in total. The third-order valence-corrected chi connectivity index (χ3v) is 3.04. The van der Waals surface area contributed by atoms with Gasteiger partial charge in [0, 0.05) is 12.0 Å². The molecule has 1 aromatic rings. The summed E-state index contributed by atoms with van der Waals surface area (Å²) in [6.45, 7) is 1.90. The van der Waals surface area contributed by atoms with Crippen molar-refractivity contribution in [3.8, 4) is 5.75 Å². The lowest BCUT2D eigenvalue weighted by Gasteiger charge is -2.40. The fraction of sp³-hybridized carbons (Fsp3) is 0.500. The Morgan fingerprint density at radius 2 is 2.25 bits per heavy atom. The predicted octanol–water partition coefficient (Wildman–Crippen LogP) is 1.35. The lowest BCUT2D eigenvalue weighted by Crippen LogP contribution is -2.49. The molecule has 1 aromatic carbocycles. The maximum atomic E-state index is 13.5. The Morgan fingerprint density at radius 1 is 1.50 bits per heavy atom. The van der Waals surface area contributed by atoms with Crippen LogP contribution < -0.4 is 10.5 Å². The first-order chi connectivity index (χ1) is 7.69. The van der Waals surface area contributed by atoms with Crippen LogP contribution in [-0.2, 0) is 11.2 Å². The molecule has 2 rings (SSSR count). The van der Waals surface area contributed by atoms with E-state index >= 15 is 0 Å². The average molecular weight is 225 g/mol. The molecule has 0 aromatic heterocycles. The van der Waals surface area contributed by atoms with E-state index in [1.807, 2.05) is 6.07 Å². The average Bonchev–Trinajstić information content (AvgIpc) is 2.24. The van der Waals surface area contributed by atoms with E-state index < -0.39 is 0 Å². The van der Waals surface area contributed by atoms with Gasteiger partial charge in [0.25, 0.3) is 0 Å². The first-order valence-corrected chi connectivity index (χ1v) is 5.29. The van der Waals surface area contributed by atoms with Crippen LogP contribution in [0.15, 0.2) is 18.2 Å². The predicted molar refractivity (Wildman–Crippen MR) is 59.0 cm³/mol. The lowest BCUT2D eigenvalue weighted by atomic mass is 9.80. The zero-order valence-electron chi connectivity index (χ0n) is 9.33. The maximum Gasteiger partial charge on any atom is 0.165 e. The zero-order chi connectivity index (χ0) is 11.6. The van der Waals surface area contributed by atoms with Gasteiger partial charge in [-0.05, 0) is 24.1 Å². The lowest BCUT2D eigenvalue weighted by molar-refractivity contribution is -0.106. The van der Waals surface area contributed by atoms with Gasteiger partial charge in [0.1, 0.15) is 0 Å². The van der Waals surface area contributed by atoms with Gasteiger partial charge >= 0.3 is 0 Å². The highest BCUT2D eigenvalue weighted by atomic mass is 19.1. The van der Waals surface area contributed by atoms with Gasteiger partial charge in [-0.15, -0.1) is 0 Å². The summed E-state index contributed by atoms with van der Waals surface area (Å²) in [5.41, 5.74) is 6.65. The minimum atomic E-state index is -0.326. The van der Waals surface area contributed by atoms with E-state index in [0.717, 1.165) is 12.0 Å². The highest BCUT2D eigenvalue weighted by Crippen LogP contribution is 2.31. The number of methoxy groups -OCH3 is 1. The van der Waals surface area contributed by atoms with Crippen molar-refractivity contribution in [1.29, 1.82) is 0 Å². The Morgan fingerprint density at radius 3 is 2.69 bits per heavy atom. The third-order valence-electron chi connectivity index (χ3n) is 3.04. The van der Waals surface area contributed by atoms with Gasteiger partial charge in [0.05, 0.1) is 20.3 Å². The molecule has 1 heterocycles. The Bertz CT molecular complexity index is 372. The van der Waals surface area contributed by atoms with Crippen LogP contribution in [-0.4, -0.2) is 26.9 Å². The van der Waals surface area contributed by atoms with Crippen LogP contribution >= 0.6 is 0 Å². The summed E-state index contributed by atoms with van der Waals surface area (Å²) >= 11 is 0. The molecule has 0 unspecified atom stereocenters. The molecule has 0 amide bonds. The van der Waals surface area contributed by atoms with Crippen LogP contribution in [0.3, 0.4) is 0 Å². The number of nitrogens with two attached hydrogens (primary N) is 1. The largest absolute Gasteiger partial charge is 0.494 e. The second-order valence-corrected chi connectivity index (χ2v) is 4.34. The summed E-state index contributed by atoms with van der Waals surface area (Å²) in [6, 6.07) is 5.03. The van der Waals surface area contributed by atoms with Gasteiger partial charge in [0.2, 0.25) is 0 Å². The summed E-state index contributed by atoms with van der Waals surface area (Å²) in [5, 5.41) is 0. The fourth-order valence-corrected chi connectivity index (χ4v) is 1.94. The van der Waals surface area contributed by atoms with Crippen LogP contribution in [0.4, 0.5) is 4.39 Å². The molecule has 0 bridgehead atoms. The van der Waals surface area contributed by atoms with Crippen molar-refractivity contribution in [2.45, 2.75) is 6.42 Å². The van der Waals surface area contributed by atoms with E-state index in [0.29, 0.717) is 19.8 Å². The zero-order valence-corrected chi connectivity index (χ0v) is 9.33. The van der Waals surface area contributed by atoms with Crippen LogP contribution in [0.2, 0.25) is 0 Å². The van der Waals surface area contributed by atoms with Gasteiger partial charge in [-0.1, -0.05) is 6.07 Å². The van der Waals surface area contributed by atoms with Crippen molar-refractivity contribution < 1.29 is 13.9 Å². The molecule has 88 valence electrons. The molecule has 0 spiro atoms. The van der Waals surface area contributed by atoms with Crippen molar-refractivity contribution in [3.05, 3.63) is 29.6 Å². The Labute approximate surface area is 94.3 Å². The summed E-state index contributed by atoms with van der Waals surface area (Å²) in [5.74, 6) is -0.0529. The van der Waals surface area contributed by atoms with Crippen molar-refractivity contribution in [2.24, 2.45) is 11.1 Å². The van der Waals surface area contributed by atoms with E-state index in [2.05, 4.69) is 0 Å². The second kappa shape index (κ2) is 4.39. The van der Waals surface area contributed by atoms with Gasteiger partial charge in [0.15, 0.2) is 11.6 Å². The highest BCUT2D eigenvalue weighted by molar-refractivity contribution is 5.30. The molecule has 3 nitrogen and oxygen atoms in total. The Hall–Kier alpha value is -1.13. The minimum absolute atomic E-state index is 0.00102. The molecule has 0 radical (unpaired) electrons. The molecular formula is C12H16FNO2. The van der Waals surface area contributed by atoms with Gasteiger partial charge in [-0.2, -0.15) is 0 Å². The first kappa shape index (κ1) is 11.4. The van der Waals surface area contributed by atoms with Crippen molar-refractivity contribution in [3.63, 3.8) is 0 Å². The highest BCUT2D eigenvalue weighted by Gasteiger charge is 2.37. The third kappa shape index (κ3) is 2.03. The van der Waals surface area contributed by atoms with E-state index in [9.17, 15) is 4.39 Å². The fourth-order valence-electron chi connectivity index (χ4n) is 1.94. The Balaban J connectivity index is 2.13. The van der Waals surface area contributed by atoms with Crippen LogP contribution in [0.5, 0.6) is 5.75 Å². The van der Waals surface area contributed by atoms with E-state index in [4.69, 9.17) is 15.2 Å². The summed E-state index contributed by atoms with van der Waals surface area (Å²) in [6.07, 6.45) is 0.754. The SMILES string of the molecule is COc1ccc(CC2(CN)COC2)cc1F. The molecular weight excluding hydrogens is 209 g/mol. The smallest absolute Gasteiger partial charge is 0.165 e. The van der Waals surface area contributed by atoms with Crippen LogP contribution in [0, 0.1) is 11.2 Å². The molecule has 0 aliphatic carbocycles. The molecule has 0 atom stereocenters. The van der Waals surface area contributed by atoms with Crippen molar-refractivity contribution in [2.75, 3.05) is 26.9 Å². The second-order valence-electron chi connectivity index (χ2n) is 4.34. The number of hydrogen-bond donors (Lipinski definition) is 1. The van der Waals surface area contributed by atoms with Crippen molar-refractivity contribution >= 4 is 0 Å². The normalized spacial score (nSPS) is 17.9. The summed E-state index contributed by atoms with van der Waals surface area (Å²) < 4.78 is 23.5. The topological polar surface area (TPSA) is 44.5 Å². The van der Waals surface area contributed by atoms with E-state index in [1.54, 1.807) is 6.07 Å². The van der Waals surface area contributed by atoms with E-state index in [1.165, 1.54) is 13.2 Å². The quantitative estimate of drug-likeness (QED) is 0.841. The summed E-state index contributed by atoms with van der Waals surface area (Å²) in [7, 11) is 1.46. The monoisotopic (exact) mass is 225 g/mol. The molecule has 16 heavy (non-hydrogen) atoms. The number of benzene rings is 1.